The number of hydrogen-bond acceptors (Lipinski definition) is 3. The van der Waals surface area contributed by atoms with Gasteiger partial charge in [0.1, 0.15) is 11.7 Å². The number of carbonyl (C=O) groups is 1. The lowest BCUT2D eigenvalue weighted by Gasteiger charge is -2.32. The number of methoxy groups -OCH3 is 1. The van der Waals surface area contributed by atoms with Gasteiger partial charge < -0.3 is 9.84 Å². The summed E-state index contributed by atoms with van der Waals surface area (Å²) in [4.78, 5) is 11.6. The van der Waals surface area contributed by atoms with Crippen LogP contribution >= 0.6 is 0 Å². The Kier molecular flexibility index (Phi) is 5.59. The lowest BCUT2D eigenvalue weighted by Crippen LogP contribution is -2.36. The van der Waals surface area contributed by atoms with Crippen LogP contribution < -0.4 is 4.74 Å². The molecule has 2 atom stereocenters. The van der Waals surface area contributed by atoms with E-state index in [-0.39, 0.29) is 0 Å². The standard InChI is InChI=1S/C20H21NO3/c1-20(18(14-21)19(22)23,12-15-6-4-3-5-7-15)13-16-8-10-17(24-2)11-9-16/h3-11,18H,12-13H2,1-2H3,(H,22,23). The first-order chi connectivity index (χ1) is 11.5. The summed E-state index contributed by atoms with van der Waals surface area (Å²) in [7, 11) is 1.60. The monoisotopic (exact) mass is 323 g/mol. The van der Waals surface area contributed by atoms with Crippen molar-refractivity contribution in [1.29, 1.82) is 5.26 Å². The van der Waals surface area contributed by atoms with E-state index in [0.717, 1.165) is 16.9 Å². The Morgan fingerprint density at radius 3 is 2.12 bits per heavy atom. The Morgan fingerprint density at radius 1 is 1.12 bits per heavy atom. The highest BCUT2D eigenvalue weighted by molar-refractivity contribution is 5.74. The topological polar surface area (TPSA) is 70.3 Å². The maximum atomic E-state index is 11.6. The highest BCUT2D eigenvalue weighted by atomic mass is 16.5. The van der Waals surface area contributed by atoms with Crippen molar-refractivity contribution in [3.63, 3.8) is 0 Å². The molecule has 0 saturated carbocycles. The molecule has 0 heterocycles. The zero-order valence-corrected chi connectivity index (χ0v) is 13.9. The fourth-order valence-electron chi connectivity index (χ4n) is 3.05. The van der Waals surface area contributed by atoms with Crippen LogP contribution in [-0.4, -0.2) is 18.2 Å². The van der Waals surface area contributed by atoms with E-state index in [4.69, 9.17) is 4.74 Å². The average molecular weight is 323 g/mol. The van der Waals surface area contributed by atoms with E-state index in [0.29, 0.717) is 12.8 Å². The summed E-state index contributed by atoms with van der Waals surface area (Å²) < 4.78 is 5.16. The summed E-state index contributed by atoms with van der Waals surface area (Å²) in [6.45, 7) is 1.87. The Hall–Kier alpha value is -2.80. The van der Waals surface area contributed by atoms with Crippen LogP contribution in [0.1, 0.15) is 18.1 Å². The van der Waals surface area contributed by atoms with Crippen molar-refractivity contribution in [3.05, 3.63) is 65.7 Å². The molecule has 0 spiro atoms. The fourth-order valence-corrected chi connectivity index (χ4v) is 3.05. The Balaban J connectivity index is 2.34. The van der Waals surface area contributed by atoms with E-state index in [1.807, 2.05) is 67.6 Å². The minimum Gasteiger partial charge on any atom is -0.497 e. The molecule has 0 amide bonds. The van der Waals surface area contributed by atoms with Crippen molar-refractivity contribution in [3.8, 4) is 11.8 Å². The highest BCUT2D eigenvalue weighted by Crippen LogP contribution is 2.36. The number of rotatable bonds is 7. The number of hydrogen-bond donors (Lipinski definition) is 1. The zero-order valence-electron chi connectivity index (χ0n) is 13.9. The lowest BCUT2D eigenvalue weighted by atomic mass is 9.69. The van der Waals surface area contributed by atoms with E-state index < -0.39 is 17.3 Å². The van der Waals surface area contributed by atoms with Crippen LogP contribution in [0.3, 0.4) is 0 Å². The summed E-state index contributed by atoms with van der Waals surface area (Å²) in [5.74, 6) is -1.41. The van der Waals surface area contributed by atoms with E-state index in [2.05, 4.69) is 0 Å². The van der Waals surface area contributed by atoms with Crippen LogP contribution in [0, 0.1) is 22.7 Å². The number of benzene rings is 2. The van der Waals surface area contributed by atoms with E-state index in [9.17, 15) is 15.2 Å². The predicted octanol–water partition coefficient (Wildman–Crippen LogP) is 3.71. The number of carboxylic acids is 1. The van der Waals surface area contributed by atoms with Gasteiger partial charge in [0, 0.05) is 5.41 Å². The molecule has 2 rings (SSSR count). The SMILES string of the molecule is COc1ccc(CC(C)(Cc2ccccc2)C(C#N)C(=O)O)cc1. The Bertz CT molecular complexity index is 719. The molecule has 0 bridgehead atoms. The molecular formula is C20H21NO3. The van der Waals surface area contributed by atoms with Crippen molar-refractivity contribution >= 4 is 5.97 Å². The molecule has 2 unspecified atom stereocenters. The van der Waals surface area contributed by atoms with Crippen molar-refractivity contribution < 1.29 is 14.6 Å². The van der Waals surface area contributed by atoms with Gasteiger partial charge >= 0.3 is 5.97 Å². The smallest absolute Gasteiger partial charge is 0.321 e. The van der Waals surface area contributed by atoms with Gasteiger partial charge in [-0.05, 0) is 36.1 Å². The number of nitrogens with zero attached hydrogens (tertiary/aromatic N) is 1. The molecule has 4 nitrogen and oxygen atoms in total. The molecule has 0 aliphatic carbocycles. The third-order valence-electron chi connectivity index (χ3n) is 4.29. The van der Waals surface area contributed by atoms with Crippen LogP contribution in [0.5, 0.6) is 5.75 Å². The van der Waals surface area contributed by atoms with Crippen molar-refractivity contribution in [2.75, 3.05) is 7.11 Å². The van der Waals surface area contributed by atoms with Crippen LogP contribution in [0.2, 0.25) is 0 Å². The zero-order chi connectivity index (χ0) is 17.6. The average Bonchev–Trinajstić information content (AvgIpc) is 2.56. The summed E-state index contributed by atoms with van der Waals surface area (Å²) in [6.07, 6.45) is 1.01. The maximum absolute atomic E-state index is 11.6. The van der Waals surface area contributed by atoms with Crippen LogP contribution in [0.15, 0.2) is 54.6 Å². The van der Waals surface area contributed by atoms with E-state index in [1.165, 1.54) is 0 Å². The molecule has 0 fully saturated rings. The van der Waals surface area contributed by atoms with Crippen LogP contribution in [0.4, 0.5) is 0 Å². The minimum atomic E-state index is -1.08. The Morgan fingerprint density at radius 2 is 1.67 bits per heavy atom. The largest absolute Gasteiger partial charge is 0.497 e. The fraction of sp³-hybridized carbons (Fsp3) is 0.300. The quantitative estimate of drug-likeness (QED) is 0.843. The molecule has 2 aromatic rings. The third-order valence-corrected chi connectivity index (χ3v) is 4.29. The van der Waals surface area contributed by atoms with Gasteiger partial charge in [0.2, 0.25) is 0 Å². The number of aliphatic carboxylic acids is 1. The second kappa shape index (κ2) is 7.65. The number of nitriles is 1. The molecule has 4 heteroatoms. The first-order valence-corrected chi connectivity index (χ1v) is 7.78. The molecule has 1 N–H and O–H groups in total. The van der Waals surface area contributed by atoms with Gasteiger partial charge in [-0.1, -0.05) is 49.4 Å². The summed E-state index contributed by atoms with van der Waals surface area (Å²) in [6, 6.07) is 19.2. The molecule has 24 heavy (non-hydrogen) atoms. The van der Waals surface area contributed by atoms with Gasteiger partial charge in [-0.2, -0.15) is 5.26 Å². The molecule has 0 aromatic heterocycles. The van der Waals surface area contributed by atoms with Gasteiger partial charge in [0.25, 0.3) is 0 Å². The molecule has 0 radical (unpaired) electrons. The molecule has 0 saturated heterocycles. The molecule has 2 aromatic carbocycles. The van der Waals surface area contributed by atoms with Crippen molar-refractivity contribution in [1.82, 2.24) is 0 Å². The first kappa shape index (κ1) is 17.6. The third kappa shape index (κ3) is 4.14. The molecular weight excluding hydrogens is 302 g/mol. The second-order valence-corrected chi connectivity index (χ2v) is 6.24. The normalized spacial score (nSPS) is 14.2. The summed E-state index contributed by atoms with van der Waals surface area (Å²) in [5.41, 5.74) is 1.29. The van der Waals surface area contributed by atoms with Gasteiger partial charge in [0.15, 0.2) is 0 Å². The highest BCUT2D eigenvalue weighted by Gasteiger charge is 2.39. The van der Waals surface area contributed by atoms with Crippen molar-refractivity contribution in [2.24, 2.45) is 11.3 Å². The number of carboxylic acid groups (broad SMARTS) is 1. The van der Waals surface area contributed by atoms with Crippen molar-refractivity contribution in [2.45, 2.75) is 19.8 Å². The van der Waals surface area contributed by atoms with Gasteiger partial charge in [0.05, 0.1) is 13.2 Å². The summed E-state index contributed by atoms with van der Waals surface area (Å²) >= 11 is 0. The maximum Gasteiger partial charge on any atom is 0.321 e. The van der Waals surface area contributed by atoms with Crippen LogP contribution in [-0.2, 0) is 17.6 Å². The van der Waals surface area contributed by atoms with Gasteiger partial charge in [-0.3, -0.25) is 4.79 Å². The molecule has 0 aliphatic heterocycles. The summed E-state index contributed by atoms with van der Waals surface area (Å²) in [5, 5.41) is 18.9. The first-order valence-electron chi connectivity index (χ1n) is 7.78. The second-order valence-electron chi connectivity index (χ2n) is 6.24. The van der Waals surface area contributed by atoms with Gasteiger partial charge in [-0.15, -0.1) is 0 Å². The molecule has 124 valence electrons. The van der Waals surface area contributed by atoms with E-state index >= 15 is 0 Å². The van der Waals surface area contributed by atoms with Crippen LogP contribution in [0.25, 0.3) is 0 Å². The van der Waals surface area contributed by atoms with Gasteiger partial charge in [-0.25, -0.2) is 0 Å². The number of ether oxygens (including phenoxy) is 1. The van der Waals surface area contributed by atoms with E-state index in [1.54, 1.807) is 7.11 Å². The Labute approximate surface area is 142 Å². The predicted molar refractivity (Wildman–Crippen MR) is 91.7 cm³/mol. The molecule has 0 aliphatic rings. The minimum absolute atomic E-state index is 0.496. The lowest BCUT2D eigenvalue weighted by molar-refractivity contribution is -0.143.